The molecule has 0 saturated heterocycles. The first kappa shape index (κ1) is 9.79. The fourth-order valence-corrected chi connectivity index (χ4v) is 3.10. The summed E-state index contributed by atoms with van der Waals surface area (Å²) in [5, 5.41) is 3.19. The first-order valence-electron chi connectivity index (χ1n) is 5.43. The molecule has 0 bridgehead atoms. The van der Waals surface area contributed by atoms with Crippen molar-refractivity contribution < 1.29 is 0 Å². The molecular formula is C14H13NS. The lowest BCUT2D eigenvalue weighted by molar-refractivity contribution is 1.05. The first-order chi connectivity index (χ1) is 7.86. The first-order valence-corrected chi connectivity index (χ1v) is 6.25. The van der Waals surface area contributed by atoms with Gasteiger partial charge in [0.2, 0.25) is 0 Å². The van der Waals surface area contributed by atoms with Gasteiger partial charge in [-0.15, -0.1) is 0 Å². The molecule has 2 heteroatoms. The number of hydrogen-bond donors (Lipinski definition) is 1. The largest absolute Gasteiger partial charge is 0.388 e. The van der Waals surface area contributed by atoms with Gasteiger partial charge in [0.05, 0.1) is 0 Å². The normalized spacial score (nSPS) is 12.8. The van der Waals surface area contributed by atoms with Gasteiger partial charge in [-0.2, -0.15) is 0 Å². The van der Waals surface area contributed by atoms with Crippen LogP contribution in [0.25, 0.3) is 0 Å². The van der Waals surface area contributed by atoms with E-state index in [1.807, 2.05) is 18.8 Å². The lowest BCUT2D eigenvalue weighted by Gasteiger charge is -2.19. The van der Waals surface area contributed by atoms with Crippen molar-refractivity contribution in [1.82, 2.24) is 0 Å². The molecule has 16 heavy (non-hydrogen) atoms. The second-order valence-electron chi connectivity index (χ2n) is 3.96. The number of rotatable bonds is 1. The topological polar surface area (TPSA) is 12.0 Å². The summed E-state index contributed by atoms with van der Waals surface area (Å²) in [7, 11) is 1.96. The molecule has 3 rings (SSSR count). The zero-order valence-electron chi connectivity index (χ0n) is 9.16. The minimum Gasteiger partial charge on any atom is -0.388 e. The highest BCUT2D eigenvalue weighted by Crippen LogP contribution is 2.40. The molecule has 0 saturated carbocycles. The molecule has 0 atom stereocenters. The Balaban J connectivity index is 2.05. The summed E-state index contributed by atoms with van der Waals surface area (Å²) in [6, 6.07) is 15.2. The van der Waals surface area contributed by atoms with Crippen LogP contribution in [0, 0.1) is 0 Å². The molecule has 0 unspecified atom stereocenters. The summed E-state index contributed by atoms with van der Waals surface area (Å²) in [5.74, 6) is 0. The smallest absolute Gasteiger partial charge is 0.0341 e. The summed E-state index contributed by atoms with van der Waals surface area (Å²) in [4.78, 5) is 2.78. The number of anilines is 1. The van der Waals surface area contributed by atoms with E-state index in [0.29, 0.717) is 0 Å². The monoisotopic (exact) mass is 227 g/mol. The average Bonchev–Trinajstić information content (AvgIpc) is 2.35. The molecule has 0 amide bonds. The molecule has 0 radical (unpaired) electrons. The zero-order chi connectivity index (χ0) is 11.0. The van der Waals surface area contributed by atoms with Crippen LogP contribution in [0.4, 0.5) is 5.69 Å². The molecule has 1 nitrogen and oxygen atoms in total. The van der Waals surface area contributed by atoms with Gasteiger partial charge in [0.25, 0.3) is 0 Å². The van der Waals surface area contributed by atoms with Gasteiger partial charge in [0.1, 0.15) is 0 Å². The van der Waals surface area contributed by atoms with Crippen molar-refractivity contribution in [3.63, 3.8) is 0 Å². The van der Waals surface area contributed by atoms with Crippen molar-refractivity contribution in [2.45, 2.75) is 16.2 Å². The van der Waals surface area contributed by atoms with Crippen molar-refractivity contribution in [3.8, 4) is 0 Å². The highest BCUT2D eigenvalue weighted by molar-refractivity contribution is 7.99. The number of fused-ring (bicyclic) bond motifs is 2. The van der Waals surface area contributed by atoms with Gasteiger partial charge < -0.3 is 5.32 Å². The van der Waals surface area contributed by atoms with Crippen LogP contribution in [-0.2, 0) is 6.42 Å². The Morgan fingerprint density at radius 2 is 1.81 bits per heavy atom. The molecule has 1 N–H and O–H groups in total. The van der Waals surface area contributed by atoms with E-state index in [9.17, 15) is 0 Å². The Hall–Kier alpha value is -1.41. The lowest BCUT2D eigenvalue weighted by Crippen LogP contribution is -2.00. The van der Waals surface area contributed by atoms with E-state index in [1.54, 1.807) is 0 Å². The van der Waals surface area contributed by atoms with Crippen molar-refractivity contribution >= 4 is 17.4 Å². The van der Waals surface area contributed by atoms with Crippen LogP contribution in [0.3, 0.4) is 0 Å². The molecule has 0 spiro atoms. The van der Waals surface area contributed by atoms with Gasteiger partial charge in [-0.05, 0) is 41.8 Å². The molecule has 2 aromatic rings. The van der Waals surface area contributed by atoms with Crippen LogP contribution >= 0.6 is 11.8 Å². The predicted octanol–water partition coefficient (Wildman–Crippen LogP) is 3.78. The second kappa shape index (κ2) is 3.87. The van der Waals surface area contributed by atoms with Gasteiger partial charge in [-0.25, -0.2) is 0 Å². The third kappa shape index (κ3) is 1.59. The van der Waals surface area contributed by atoms with Gasteiger partial charge in [0, 0.05) is 22.5 Å². The predicted molar refractivity (Wildman–Crippen MR) is 69.4 cm³/mol. The molecule has 1 aliphatic heterocycles. The summed E-state index contributed by atoms with van der Waals surface area (Å²) >= 11 is 1.87. The SMILES string of the molecule is CNc1ccc2c(c1)Cc1ccccc1S2. The minimum atomic E-state index is 1.05. The molecule has 2 aromatic carbocycles. The molecule has 1 heterocycles. The summed E-state index contributed by atoms with van der Waals surface area (Å²) in [6.07, 6.45) is 1.05. The molecule has 80 valence electrons. The van der Waals surface area contributed by atoms with Crippen molar-refractivity contribution in [2.24, 2.45) is 0 Å². The molecule has 1 aliphatic rings. The van der Waals surface area contributed by atoms with Gasteiger partial charge >= 0.3 is 0 Å². The second-order valence-corrected chi connectivity index (χ2v) is 5.04. The summed E-state index contributed by atoms with van der Waals surface area (Å²) in [6.45, 7) is 0. The maximum atomic E-state index is 3.19. The Morgan fingerprint density at radius 3 is 2.69 bits per heavy atom. The number of benzene rings is 2. The third-order valence-electron chi connectivity index (χ3n) is 2.92. The Morgan fingerprint density at radius 1 is 1.00 bits per heavy atom. The summed E-state index contributed by atoms with van der Waals surface area (Å²) < 4.78 is 0. The maximum absolute atomic E-state index is 3.19. The highest BCUT2D eigenvalue weighted by atomic mass is 32.2. The molecule has 0 aliphatic carbocycles. The quantitative estimate of drug-likeness (QED) is 0.679. The van der Waals surface area contributed by atoms with E-state index >= 15 is 0 Å². The minimum absolute atomic E-state index is 1.05. The van der Waals surface area contributed by atoms with Crippen molar-refractivity contribution in [2.75, 3.05) is 12.4 Å². The van der Waals surface area contributed by atoms with Crippen LogP contribution in [0.2, 0.25) is 0 Å². The molecule has 0 aromatic heterocycles. The van der Waals surface area contributed by atoms with E-state index in [4.69, 9.17) is 0 Å². The Labute approximate surface area is 99.9 Å². The third-order valence-corrected chi connectivity index (χ3v) is 4.16. The fourth-order valence-electron chi connectivity index (χ4n) is 2.05. The van der Waals surface area contributed by atoms with E-state index in [2.05, 4.69) is 47.8 Å². The van der Waals surface area contributed by atoms with E-state index < -0.39 is 0 Å². The van der Waals surface area contributed by atoms with E-state index in [0.717, 1.165) is 6.42 Å². The van der Waals surface area contributed by atoms with Crippen LogP contribution in [-0.4, -0.2) is 7.05 Å². The van der Waals surface area contributed by atoms with Crippen molar-refractivity contribution in [3.05, 3.63) is 53.6 Å². The van der Waals surface area contributed by atoms with Gasteiger partial charge in [-0.3, -0.25) is 0 Å². The zero-order valence-corrected chi connectivity index (χ0v) is 9.97. The average molecular weight is 227 g/mol. The van der Waals surface area contributed by atoms with E-state index in [-0.39, 0.29) is 0 Å². The standard InChI is InChI=1S/C14H13NS/c1-15-12-6-7-14-11(9-12)8-10-4-2-3-5-13(10)16-14/h2-7,9,15H,8H2,1H3. The fraction of sp³-hybridized carbons (Fsp3) is 0.143. The van der Waals surface area contributed by atoms with Crippen LogP contribution in [0.5, 0.6) is 0 Å². The maximum Gasteiger partial charge on any atom is 0.0341 e. The van der Waals surface area contributed by atoms with Gasteiger partial charge in [0.15, 0.2) is 0 Å². The Kier molecular flexibility index (Phi) is 2.37. The van der Waals surface area contributed by atoms with E-state index in [1.165, 1.54) is 26.6 Å². The lowest BCUT2D eigenvalue weighted by atomic mass is 10.0. The highest BCUT2D eigenvalue weighted by Gasteiger charge is 2.15. The molecule has 0 fully saturated rings. The molecular weight excluding hydrogens is 214 g/mol. The van der Waals surface area contributed by atoms with Crippen LogP contribution < -0.4 is 5.32 Å². The summed E-state index contributed by atoms with van der Waals surface area (Å²) in [5.41, 5.74) is 4.06. The van der Waals surface area contributed by atoms with Gasteiger partial charge in [-0.1, -0.05) is 30.0 Å². The van der Waals surface area contributed by atoms with Crippen molar-refractivity contribution in [1.29, 1.82) is 0 Å². The number of hydrogen-bond acceptors (Lipinski definition) is 2. The Bertz CT molecular complexity index is 534. The van der Waals surface area contributed by atoms with Crippen LogP contribution in [0.15, 0.2) is 52.3 Å². The number of nitrogens with one attached hydrogen (secondary N) is 1. The van der Waals surface area contributed by atoms with Crippen LogP contribution in [0.1, 0.15) is 11.1 Å².